The van der Waals surface area contributed by atoms with Crippen LogP contribution in [0, 0.1) is 0 Å². The molecule has 0 aromatic heterocycles. The van der Waals surface area contributed by atoms with Crippen LogP contribution in [0.2, 0.25) is 0 Å². The summed E-state index contributed by atoms with van der Waals surface area (Å²) in [5.41, 5.74) is 1.03. The molecule has 0 aliphatic carbocycles. The molecule has 0 unspecified atom stereocenters. The predicted octanol–water partition coefficient (Wildman–Crippen LogP) is 2.66. The Balaban J connectivity index is 2.34. The molecule has 0 heterocycles. The largest absolute Gasteiger partial charge is 0.461 e. The summed E-state index contributed by atoms with van der Waals surface area (Å²) in [7, 11) is 0. The van der Waals surface area contributed by atoms with Crippen molar-refractivity contribution in [1.82, 2.24) is 0 Å². The molecule has 2 aromatic rings. The highest BCUT2D eigenvalue weighted by molar-refractivity contribution is 6.43. The molecule has 5 heteroatoms. The van der Waals surface area contributed by atoms with Crippen LogP contribution in [0.3, 0.4) is 0 Å². The third-order valence-corrected chi connectivity index (χ3v) is 3.00. The smallest absolute Gasteiger partial charge is 0.361 e. The van der Waals surface area contributed by atoms with Crippen LogP contribution < -0.4 is 0 Å². The SMILES string of the molecule is CCOC(=O)/C(=N/O)c1cccc(C(=O)c2ccccc2)c1. The summed E-state index contributed by atoms with van der Waals surface area (Å²) >= 11 is 0. The second-order valence-electron chi connectivity index (χ2n) is 4.45. The highest BCUT2D eigenvalue weighted by Crippen LogP contribution is 2.13. The second-order valence-corrected chi connectivity index (χ2v) is 4.45. The topological polar surface area (TPSA) is 76.0 Å². The number of esters is 1. The number of ether oxygens (including phenoxy) is 1. The van der Waals surface area contributed by atoms with E-state index in [1.54, 1.807) is 49.4 Å². The molecule has 0 fully saturated rings. The lowest BCUT2D eigenvalue weighted by Gasteiger charge is -2.06. The molecule has 0 saturated heterocycles. The zero-order valence-corrected chi connectivity index (χ0v) is 12.0. The molecule has 2 aromatic carbocycles. The van der Waals surface area contributed by atoms with E-state index in [1.165, 1.54) is 6.07 Å². The van der Waals surface area contributed by atoms with Gasteiger partial charge in [0.2, 0.25) is 0 Å². The van der Waals surface area contributed by atoms with Gasteiger partial charge in [-0.1, -0.05) is 53.7 Å². The van der Waals surface area contributed by atoms with Crippen molar-refractivity contribution in [2.45, 2.75) is 6.92 Å². The normalized spacial score (nSPS) is 11.0. The van der Waals surface area contributed by atoms with Crippen molar-refractivity contribution in [2.24, 2.45) is 5.16 Å². The van der Waals surface area contributed by atoms with Gasteiger partial charge < -0.3 is 9.94 Å². The number of hydrogen-bond donors (Lipinski definition) is 1. The lowest BCUT2D eigenvalue weighted by atomic mass is 10.00. The van der Waals surface area contributed by atoms with E-state index in [4.69, 9.17) is 9.94 Å². The summed E-state index contributed by atoms with van der Waals surface area (Å²) in [5.74, 6) is -0.919. The lowest BCUT2D eigenvalue weighted by Crippen LogP contribution is -2.19. The number of carbonyl (C=O) groups excluding carboxylic acids is 2. The molecule has 1 N–H and O–H groups in total. The van der Waals surface area contributed by atoms with Crippen LogP contribution in [0.15, 0.2) is 59.8 Å². The molecular weight excluding hydrogens is 282 g/mol. The van der Waals surface area contributed by atoms with Crippen molar-refractivity contribution in [3.63, 3.8) is 0 Å². The third kappa shape index (κ3) is 3.38. The molecule has 112 valence electrons. The summed E-state index contributed by atoms with van der Waals surface area (Å²) in [6, 6.07) is 15.1. The fraction of sp³-hybridized carbons (Fsp3) is 0.118. The Bertz CT molecular complexity index is 708. The number of hydrogen-bond acceptors (Lipinski definition) is 5. The first-order valence-electron chi connectivity index (χ1n) is 6.76. The summed E-state index contributed by atoms with van der Waals surface area (Å²) in [6.45, 7) is 1.82. The van der Waals surface area contributed by atoms with Gasteiger partial charge in [0, 0.05) is 16.7 Å². The van der Waals surface area contributed by atoms with E-state index in [9.17, 15) is 9.59 Å². The van der Waals surface area contributed by atoms with Crippen LogP contribution in [0.4, 0.5) is 0 Å². The minimum absolute atomic E-state index is 0.167. The zero-order chi connectivity index (χ0) is 15.9. The van der Waals surface area contributed by atoms with Crippen molar-refractivity contribution in [1.29, 1.82) is 0 Å². The Morgan fingerprint density at radius 3 is 2.27 bits per heavy atom. The lowest BCUT2D eigenvalue weighted by molar-refractivity contribution is -0.135. The van der Waals surface area contributed by atoms with Gasteiger partial charge in [-0.3, -0.25) is 4.79 Å². The maximum atomic E-state index is 12.4. The molecule has 0 aliphatic rings. The first-order valence-corrected chi connectivity index (χ1v) is 6.76. The molecule has 0 bridgehead atoms. The molecular formula is C17H15NO4. The molecule has 0 spiro atoms. The van der Waals surface area contributed by atoms with Gasteiger partial charge in [-0.25, -0.2) is 4.79 Å². The fourth-order valence-corrected chi connectivity index (χ4v) is 1.98. The first-order chi connectivity index (χ1) is 10.7. The monoisotopic (exact) mass is 297 g/mol. The minimum Gasteiger partial charge on any atom is -0.461 e. The van der Waals surface area contributed by atoms with E-state index in [0.29, 0.717) is 16.7 Å². The molecule has 0 aliphatic heterocycles. The summed E-state index contributed by atoms with van der Waals surface area (Å²) in [4.78, 5) is 24.1. The van der Waals surface area contributed by atoms with E-state index >= 15 is 0 Å². The quantitative estimate of drug-likeness (QED) is 0.303. The number of rotatable bonds is 5. The summed E-state index contributed by atoms with van der Waals surface area (Å²) in [5, 5.41) is 12.0. The molecule has 0 amide bonds. The number of benzene rings is 2. The molecule has 5 nitrogen and oxygen atoms in total. The van der Waals surface area contributed by atoms with Crippen LogP contribution in [0.5, 0.6) is 0 Å². The van der Waals surface area contributed by atoms with Gasteiger partial charge in [0.25, 0.3) is 0 Å². The van der Waals surface area contributed by atoms with E-state index < -0.39 is 5.97 Å². The van der Waals surface area contributed by atoms with Crippen LogP contribution in [0.1, 0.15) is 28.4 Å². The Morgan fingerprint density at radius 1 is 1.00 bits per heavy atom. The molecule has 0 atom stereocenters. The van der Waals surface area contributed by atoms with Crippen molar-refractivity contribution in [2.75, 3.05) is 6.61 Å². The first kappa shape index (κ1) is 15.4. The van der Waals surface area contributed by atoms with E-state index in [0.717, 1.165) is 0 Å². The van der Waals surface area contributed by atoms with Crippen LogP contribution in [-0.4, -0.2) is 29.3 Å². The van der Waals surface area contributed by atoms with Crippen molar-refractivity contribution in [3.8, 4) is 0 Å². The minimum atomic E-state index is -0.741. The van der Waals surface area contributed by atoms with E-state index in [2.05, 4.69) is 5.16 Å². The van der Waals surface area contributed by atoms with Gasteiger partial charge in [-0.15, -0.1) is 0 Å². The average molecular weight is 297 g/mol. The second kappa shape index (κ2) is 7.17. The van der Waals surface area contributed by atoms with Crippen LogP contribution in [-0.2, 0) is 9.53 Å². The summed E-state index contributed by atoms with van der Waals surface area (Å²) in [6.07, 6.45) is 0. The third-order valence-electron chi connectivity index (χ3n) is 3.00. The highest BCUT2D eigenvalue weighted by Gasteiger charge is 2.18. The van der Waals surface area contributed by atoms with Gasteiger partial charge in [-0.05, 0) is 13.0 Å². The molecule has 0 saturated carbocycles. The van der Waals surface area contributed by atoms with Crippen molar-refractivity contribution in [3.05, 3.63) is 71.3 Å². The number of oxime groups is 1. The fourth-order valence-electron chi connectivity index (χ4n) is 1.98. The Labute approximate surface area is 127 Å². The summed E-state index contributed by atoms with van der Waals surface area (Å²) < 4.78 is 4.82. The Hall–Kier alpha value is -2.95. The van der Waals surface area contributed by atoms with E-state index in [-0.39, 0.29) is 18.1 Å². The predicted molar refractivity (Wildman–Crippen MR) is 81.3 cm³/mol. The van der Waals surface area contributed by atoms with Gasteiger partial charge in [0.1, 0.15) is 0 Å². The number of ketones is 1. The Morgan fingerprint density at radius 2 is 1.64 bits per heavy atom. The van der Waals surface area contributed by atoms with Crippen molar-refractivity contribution < 1.29 is 19.5 Å². The van der Waals surface area contributed by atoms with Gasteiger partial charge in [0.05, 0.1) is 6.61 Å². The maximum Gasteiger partial charge on any atom is 0.361 e. The van der Waals surface area contributed by atoms with E-state index in [1.807, 2.05) is 6.07 Å². The Kier molecular flexibility index (Phi) is 5.03. The van der Waals surface area contributed by atoms with Crippen molar-refractivity contribution >= 4 is 17.5 Å². The van der Waals surface area contributed by atoms with Gasteiger partial charge in [-0.2, -0.15) is 0 Å². The highest BCUT2D eigenvalue weighted by atomic mass is 16.5. The van der Waals surface area contributed by atoms with Gasteiger partial charge in [0.15, 0.2) is 11.5 Å². The number of nitrogens with zero attached hydrogens (tertiary/aromatic N) is 1. The molecule has 22 heavy (non-hydrogen) atoms. The number of carbonyl (C=O) groups is 2. The molecule has 2 rings (SSSR count). The van der Waals surface area contributed by atoms with Crippen LogP contribution >= 0.6 is 0 Å². The molecule has 0 radical (unpaired) electrons. The van der Waals surface area contributed by atoms with Gasteiger partial charge >= 0.3 is 5.97 Å². The maximum absolute atomic E-state index is 12.4. The zero-order valence-electron chi connectivity index (χ0n) is 12.0. The van der Waals surface area contributed by atoms with Crippen LogP contribution in [0.25, 0.3) is 0 Å². The average Bonchev–Trinajstić information content (AvgIpc) is 2.56. The standard InChI is InChI=1S/C17H15NO4/c1-2-22-17(20)15(18-21)13-9-6-10-14(11-13)16(19)12-7-4-3-5-8-12/h3-11,21H,2H2,1H3/b18-15+.